The summed E-state index contributed by atoms with van der Waals surface area (Å²) >= 11 is 0. The van der Waals surface area contributed by atoms with E-state index in [1.54, 1.807) is 48.5 Å². The van der Waals surface area contributed by atoms with Gasteiger partial charge in [0.05, 0.1) is 35.7 Å². The Morgan fingerprint density at radius 1 is 0.846 bits per heavy atom. The number of rotatable bonds is 7. The summed E-state index contributed by atoms with van der Waals surface area (Å²) in [5.74, 6) is -0.212. The van der Waals surface area contributed by atoms with Crippen molar-refractivity contribution in [2.75, 3.05) is 7.11 Å². The highest BCUT2D eigenvalue weighted by molar-refractivity contribution is 6.07. The average Bonchev–Trinajstić information content (AvgIpc) is 2.98. The van der Waals surface area contributed by atoms with E-state index < -0.39 is 5.97 Å². The van der Waals surface area contributed by atoms with Crippen molar-refractivity contribution in [2.24, 2.45) is 5.10 Å². The van der Waals surface area contributed by atoms with Gasteiger partial charge in [0.25, 0.3) is 5.91 Å². The van der Waals surface area contributed by atoms with Crippen LogP contribution in [0.1, 0.15) is 31.8 Å². The first-order valence-electron chi connectivity index (χ1n) is 12.3. The van der Waals surface area contributed by atoms with Crippen LogP contribution in [0.5, 0.6) is 11.5 Å². The Balaban J connectivity index is 1.36. The fourth-order valence-electron chi connectivity index (χ4n) is 4.09. The number of fused-ring (bicyclic) bond motifs is 1. The van der Waals surface area contributed by atoms with Crippen molar-refractivity contribution in [3.63, 3.8) is 0 Å². The SMILES string of the molecule is COc1cc(C=NNC(=O)c2cc(-c3ccccc3)nc3ccc(C)cc23)ccc1OC(=O)c1ccccc1. The van der Waals surface area contributed by atoms with E-state index in [4.69, 9.17) is 14.5 Å². The molecule has 5 rings (SSSR count). The molecule has 0 radical (unpaired) electrons. The number of benzene rings is 4. The lowest BCUT2D eigenvalue weighted by Gasteiger charge is -2.10. The van der Waals surface area contributed by atoms with Crippen LogP contribution in [-0.4, -0.2) is 30.2 Å². The molecule has 0 aliphatic carbocycles. The van der Waals surface area contributed by atoms with E-state index in [9.17, 15) is 9.59 Å². The summed E-state index contributed by atoms with van der Waals surface area (Å²) in [6.45, 7) is 1.97. The number of nitrogens with one attached hydrogen (secondary N) is 1. The maximum Gasteiger partial charge on any atom is 0.343 e. The molecule has 0 saturated heterocycles. The summed E-state index contributed by atoms with van der Waals surface area (Å²) < 4.78 is 10.9. The van der Waals surface area contributed by atoms with Crippen LogP contribution < -0.4 is 14.9 Å². The minimum absolute atomic E-state index is 0.277. The lowest BCUT2D eigenvalue weighted by Crippen LogP contribution is -2.18. The van der Waals surface area contributed by atoms with Gasteiger partial charge in [-0.15, -0.1) is 0 Å². The van der Waals surface area contributed by atoms with Gasteiger partial charge >= 0.3 is 5.97 Å². The van der Waals surface area contributed by atoms with Crippen molar-refractivity contribution >= 4 is 29.0 Å². The largest absolute Gasteiger partial charge is 0.493 e. The van der Waals surface area contributed by atoms with Crippen LogP contribution in [0.15, 0.2) is 108 Å². The molecule has 0 saturated carbocycles. The van der Waals surface area contributed by atoms with Crippen molar-refractivity contribution in [1.82, 2.24) is 10.4 Å². The average molecular weight is 516 g/mol. The lowest BCUT2D eigenvalue weighted by atomic mass is 10.0. The zero-order chi connectivity index (χ0) is 27.2. The first-order valence-corrected chi connectivity index (χ1v) is 12.3. The van der Waals surface area contributed by atoms with E-state index in [1.807, 2.05) is 61.5 Å². The number of carbonyl (C=O) groups excluding carboxylic acids is 2. The summed E-state index contributed by atoms with van der Waals surface area (Å²) in [6.07, 6.45) is 1.50. The number of aromatic nitrogens is 1. The zero-order valence-electron chi connectivity index (χ0n) is 21.4. The molecule has 0 aliphatic heterocycles. The number of hydrogen-bond acceptors (Lipinski definition) is 6. The van der Waals surface area contributed by atoms with Gasteiger partial charge in [-0.3, -0.25) is 4.79 Å². The Labute approximate surface area is 225 Å². The molecule has 1 amide bonds. The fourth-order valence-corrected chi connectivity index (χ4v) is 4.09. The Kier molecular flexibility index (Phi) is 7.41. The molecule has 0 unspecified atom stereocenters. The predicted octanol–water partition coefficient (Wildman–Crippen LogP) is 6.20. The molecule has 7 nitrogen and oxygen atoms in total. The second-order valence-electron chi connectivity index (χ2n) is 8.81. The minimum Gasteiger partial charge on any atom is -0.493 e. The molecular formula is C32H25N3O4. The number of amides is 1. The summed E-state index contributed by atoms with van der Waals surface area (Å²) in [4.78, 5) is 30.4. The molecule has 0 fully saturated rings. The molecule has 39 heavy (non-hydrogen) atoms. The fraction of sp³-hybridized carbons (Fsp3) is 0.0625. The first kappa shape index (κ1) is 25.4. The van der Waals surface area contributed by atoms with Gasteiger partial charge in [-0.05, 0) is 61.0 Å². The normalized spacial score (nSPS) is 10.9. The van der Waals surface area contributed by atoms with Crippen molar-refractivity contribution in [3.05, 3.63) is 125 Å². The van der Waals surface area contributed by atoms with Gasteiger partial charge in [-0.1, -0.05) is 60.2 Å². The van der Waals surface area contributed by atoms with Crippen LogP contribution >= 0.6 is 0 Å². The summed E-state index contributed by atoms with van der Waals surface area (Å²) in [5.41, 5.74) is 7.53. The standard InChI is InChI=1S/C32H25N3O4/c1-21-13-15-27-25(17-21)26(19-28(34-27)23-9-5-3-6-10-23)31(36)35-33-20-22-14-16-29(30(18-22)38-2)39-32(37)24-11-7-4-8-12-24/h3-20H,1-2H3,(H,35,36). The molecule has 1 heterocycles. The molecule has 192 valence electrons. The molecule has 0 aliphatic rings. The summed E-state index contributed by atoms with van der Waals surface area (Å²) in [5, 5.41) is 4.90. The smallest absolute Gasteiger partial charge is 0.343 e. The van der Waals surface area contributed by atoms with Gasteiger partial charge in [-0.25, -0.2) is 15.2 Å². The molecule has 4 aromatic carbocycles. The number of hydrazone groups is 1. The number of pyridine rings is 1. The summed E-state index contributed by atoms with van der Waals surface area (Å²) in [7, 11) is 1.48. The molecule has 1 aromatic heterocycles. The van der Waals surface area contributed by atoms with Crippen molar-refractivity contribution < 1.29 is 19.1 Å². The molecular weight excluding hydrogens is 490 g/mol. The maximum atomic E-state index is 13.2. The molecule has 0 spiro atoms. The third-order valence-electron chi connectivity index (χ3n) is 6.06. The van der Waals surface area contributed by atoms with E-state index >= 15 is 0 Å². The van der Waals surface area contributed by atoms with Crippen molar-refractivity contribution in [3.8, 4) is 22.8 Å². The quantitative estimate of drug-likeness (QED) is 0.121. The van der Waals surface area contributed by atoms with E-state index in [2.05, 4.69) is 10.5 Å². The molecule has 7 heteroatoms. The van der Waals surface area contributed by atoms with Crippen LogP contribution in [0.4, 0.5) is 0 Å². The van der Waals surface area contributed by atoms with Crippen LogP contribution in [-0.2, 0) is 0 Å². The number of esters is 1. The van der Waals surface area contributed by atoms with E-state index in [1.165, 1.54) is 13.3 Å². The van der Waals surface area contributed by atoms with Crippen molar-refractivity contribution in [2.45, 2.75) is 6.92 Å². The van der Waals surface area contributed by atoms with E-state index in [0.717, 1.165) is 22.0 Å². The Morgan fingerprint density at radius 3 is 2.33 bits per heavy atom. The Morgan fingerprint density at radius 2 is 1.59 bits per heavy atom. The minimum atomic E-state index is -0.489. The maximum absolute atomic E-state index is 13.2. The van der Waals surface area contributed by atoms with E-state index in [0.29, 0.717) is 28.1 Å². The molecule has 0 atom stereocenters. The second-order valence-corrected chi connectivity index (χ2v) is 8.81. The number of aryl methyl sites for hydroxylation is 1. The monoisotopic (exact) mass is 515 g/mol. The summed E-state index contributed by atoms with van der Waals surface area (Å²) in [6, 6.07) is 31.0. The Hall–Kier alpha value is -5.30. The first-order chi connectivity index (χ1) is 19.0. The van der Waals surface area contributed by atoms with Crippen LogP contribution in [0.25, 0.3) is 22.2 Å². The van der Waals surface area contributed by atoms with Gasteiger partial charge in [0.2, 0.25) is 0 Å². The number of methoxy groups -OCH3 is 1. The van der Waals surface area contributed by atoms with Gasteiger partial charge in [0.15, 0.2) is 11.5 Å². The second kappa shape index (κ2) is 11.4. The lowest BCUT2D eigenvalue weighted by molar-refractivity contribution is 0.0729. The van der Waals surface area contributed by atoms with Crippen molar-refractivity contribution in [1.29, 1.82) is 0 Å². The topological polar surface area (TPSA) is 89.9 Å². The van der Waals surface area contributed by atoms with Gasteiger partial charge < -0.3 is 9.47 Å². The third-order valence-corrected chi connectivity index (χ3v) is 6.06. The molecule has 1 N–H and O–H groups in total. The molecule has 5 aromatic rings. The number of hydrogen-bond donors (Lipinski definition) is 1. The zero-order valence-corrected chi connectivity index (χ0v) is 21.4. The Bertz CT molecular complexity index is 1680. The van der Waals surface area contributed by atoms with Gasteiger partial charge in [0.1, 0.15) is 0 Å². The van der Waals surface area contributed by atoms with Gasteiger partial charge in [0, 0.05) is 10.9 Å². The molecule has 0 bridgehead atoms. The number of ether oxygens (including phenoxy) is 2. The predicted molar refractivity (Wildman–Crippen MR) is 151 cm³/mol. The highest BCUT2D eigenvalue weighted by atomic mass is 16.6. The number of nitrogens with zero attached hydrogens (tertiary/aromatic N) is 2. The van der Waals surface area contributed by atoms with Gasteiger partial charge in [-0.2, -0.15) is 5.10 Å². The van der Waals surface area contributed by atoms with Crippen LogP contribution in [0, 0.1) is 6.92 Å². The van der Waals surface area contributed by atoms with Crippen LogP contribution in [0.3, 0.4) is 0 Å². The number of carbonyl (C=O) groups is 2. The highest BCUT2D eigenvalue weighted by Crippen LogP contribution is 2.29. The van der Waals surface area contributed by atoms with Crippen LogP contribution in [0.2, 0.25) is 0 Å². The highest BCUT2D eigenvalue weighted by Gasteiger charge is 2.15. The van der Waals surface area contributed by atoms with E-state index in [-0.39, 0.29) is 11.7 Å². The third kappa shape index (κ3) is 5.83.